The number of hydrazone groups is 1. The third kappa shape index (κ3) is 4.44. The summed E-state index contributed by atoms with van der Waals surface area (Å²) >= 11 is 3.18. The average Bonchev–Trinajstić information content (AvgIpc) is 3.53. The van der Waals surface area contributed by atoms with Gasteiger partial charge < -0.3 is 9.47 Å². The van der Waals surface area contributed by atoms with Crippen molar-refractivity contribution in [3.63, 3.8) is 0 Å². The standard InChI is InChI=1S/C22H20N2O4S2/c1-27-18-7-3-2-6-15(18)12-22(26)28-14-21(25)24-17(20-9-5-11-30-20)13-16(23-24)19-8-4-10-29-19/h2-11,17H,12-14H2,1H3. The maximum Gasteiger partial charge on any atom is 0.310 e. The number of ether oxygens (including phenoxy) is 2. The molecule has 3 heterocycles. The van der Waals surface area contributed by atoms with Gasteiger partial charge in [0.05, 0.1) is 30.2 Å². The maximum absolute atomic E-state index is 12.9. The van der Waals surface area contributed by atoms with Crippen LogP contribution in [0.25, 0.3) is 0 Å². The van der Waals surface area contributed by atoms with E-state index in [0.29, 0.717) is 17.7 Å². The van der Waals surface area contributed by atoms with Crippen LogP contribution in [0.4, 0.5) is 0 Å². The molecule has 1 unspecified atom stereocenters. The lowest BCUT2D eigenvalue weighted by molar-refractivity contribution is -0.152. The number of amides is 1. The molecule has 0 fully saturated rings. The number of methoxy groups -OCH3 is 1. The second kappa shape index (κ2) is 9.23. The molecule has 3 aromatic rings. The highest BCUT2D eigenvalue weighted by Gasteiger charge is 2.34. The number of rotatable bonds is 7. The summed E-state index contributed by atoms with van der Waals surface area (Å²) < 4.78 is 10.5. The predicted molar refractivity (Wildman–Crippen MR) is 117 cm³/mol. The average molecular weight is 441 g/mol. The van der Waals surface area contributed by atoms with Gasteiger partial charge in [-0.05, 0) is 29.0 Å². The van der Waals surface area contributed by atoms with Crippen LogP contribution in [0.3, 0.4) is 0 Å². The van der Waals surface area contributed by atoms with Gasteiger partial charge in [0.1, 0.15) is 5.75 Å². The molecular formula is C22H20N2O4S2. The summed E-state index contributed by atoms with van der Waals surface area (Å²) in [7, 11) is 1.55. The Hall–Kier alpha value is -2.97. The first-order valence-electron chi connectivity index (χ1n) is 9.40. The third-order valence-electron chi connectivity index (χ3n) is 4.73. The Morgan fingerprint density at radius 1 is 1.10 bits per heavy atom. The van der Waals surface area contributed by atoms with Crippen LogP contribution in [0.1, 0.15) is 27.8 Å². The van der Waals surface area contributed by atoms with Gasteiger partial charge in [0.2, 0.25) is 0 Å². The Kier molecular flexibility index (Phi) is 6.25. The minimum atomic E-state index is -0.484. The summed E-state index contributed by atoms with van der Waals surface area (Å²) in [5, 5.41) is 9.99. The van der Waals surface area contributed by atoms with Gasteiger partial charge >= 0.3 is 5.97 Å². The Labute approximate surface area is 182 Å². The molecule has 0 saturated carbocycles. The Morgan fingerprint density at radius 2 is 1.90 bits per heavy atom. The Bertz CT molecular complexity index is 1050. The normalized spacial score (nSPS) is 15.7. The topological polar surface area (TPSA) is 68.2 Å². The minimum Gasteiger partial charge on any atom is -0.496 e. The Morgan fingerprint density at radius 3 is 2.63 bits per heavy atom. The van der Waals surface area contributed by atoms with Gasteiger partial charge in [0.25, 0.3) is 5.91 Å². The minimum absolute atomic E-state index is 0.0371. The fourth-order valence-electron chi connectivity index (χ4n) is 3.30. The quantitative estimate of drug-likeness (QED) is 0.514. The van der Waals surface area contributed by atoms with Crippen LogP contribution >= 0.6 is 22.7 Å². The van der Waals surface area contributed by atoms with Crippen LogP contribution in [-0.4, -0.2) is 36.3 Å². The van der Waals surface area contributed by atoms with Gasteiger partial charge in [0, 0.05) is 16.9 Å². The molecule has 2 aromatic heterocycles. The number of esters is 1. The highest BCUT2D eigenvalue weighted by molar-refractivity contribution is 7.12. The fourth-order valence-corrected chi connectivity index (χ4v) is 4.83. The van der Waals surface area contributed by atoms with E-state index in [1.807, 2.05) is 47.2 Å². The van der Waals surface area contributed by atoms with Crippen LogP contribution in [0.2, 0.25) is 0 Å². The Balaban J connectivity index is 1.43. The number of thiophene rings is 2. The number of carbonyl (C=O) groups is 2. The van der Waals surface area contributed by atoms with Crippen molar-refractivity contribution in [3.8, 4) is 5.75 Å². The summed E-state index contributed by atoms with van der Waals surface area (Å²) in [5.74, 6) is -0.209. The molecular weight excluding hydrogens is 420 g/mol. The van der Waals surface area contributed by atoms with Gasteiger partial charge in [-0.2, -0.15) is 5.10 Å². The van der Waals surface area contributed by atoms with E-state index in [9.17, 15) is 9.59 Å². The van der Waals surface area contributed by atoms with Crippen LogP contribution in [0, 0.1) is 0 Å². The molecule has 1 aliphatic heterocycles. The van der Waals surface area contributed by atoms with Gasteiger partial charge in [-0.3, -0.25) is 9.59 Å². The van der Waals surface area contributed by atoms with Crippen molar-refractivity contribution in [1.29, 1.82) is 0 Å². The first kappa shape index (κ1) is 20.3. The lowest BCUT2D eigenvalue weighted by atomic mass is 10.1. The third-order valence-corrected chi connectivity index (χ3v) is 6.62. The second-order valence-corrected chi connectivity index (χ2v) is 8.57. The lowest BCUT2D eigenvalue weighted by Gasteiger charge is -2.20. The number of nitrogens with zero attached hydrogens (tertiary/aromatic N) is 2. The van der Waals surface area contributed by atoms with Crippen molar-refractivity contribution in [2.45, 2.75) is 18.9 Å². The van der Waals surface area contributed by atoms with Crippen molar-refractivity contribution in [3.05, 3.63) is 74.6 Å². The molecule has 8 heteroatoms. The molecule has 1 amide bonds. The zero-order valence-corrected chi connectivity index (χ0v) is 17.9. The first-order valence-corrected chi connectivity index (χ1v) is 11.2. The molecule has 0 aliphatic carbocycles. The zero-order valence-electron chi connectivity index (χ0n) is 16.3. The van der Waals surface area contributed by atoms with Gasteiger partial charge in [-0.15, -0.1) is 22.7 Å². The molecule has 1 aliphatic rings. The highest BCUT2D eigenvalue weighted by Crippen LogP contribution is 2.35. The van der Waals surface area contributed by atoms with Gasteiger partial charge in [-0.25, -0.2) is 5.01 Å². The second-order valence-electron chi connectivity index (χ2n) is 6.65. The molecule has 1 aromatic carbocycles. The van der Waals surface area contributed by atoms with Crippen LogP contribution in [-0.2, 0) is 20.7 Å². The summed E-state index contributed by atoms with van der Waals surface area (Å²) in [6.07, 6.45) is 0.678. The number of hydrogen-bond donors (Lipinski definition) is 0. The van der Waals surface area contributed by atoms with E-state index in [4.69, 9.17) is 9.47 Å². The zero-order chi connectivity index (χ0) is 20.9. The molecule has 0 bridgehead atoms. The largest absolute Gasteiger partial charge is 0.496 e. The van der Waals surface area contributed by atoms with Crippen LogP contribution < -0.4 is 4.74 Å². The SMILES string of the molecule is COc1ccccc1CC(=O)OCC(=O)N1N=C(c2cccs2)CC1c1cccs1. The van der Waals surface area contributed by atoms with Crippen molar-refractivity contribution < 1.29 is 19.1 Å². The molecule has 154 valence electrons. The number of carbonyl (C=O) groups excluding carboxylic acids is 2. The monoisotopic (exact) mass is 440 g/mol. The lowest BCUT2D eigenvalue weighted by Crippen LogP contribution is -2.31. The van der Waals surface area contributed by atoms with Crippen molar-refractivity contribution in [2.24, 2.45) is 5.10 Å². The van der Waals surface area contributed by atoms with E-state index in [0.717, 1.165) is 15.5 Å². The number of benzene rings is 1. The maximum atomic E-state index is 12.9. The first-order chi connectivity index (χ1) is 14.7. The fraction of sp³-hybridized carbons (Fsp3) is 0.227. The molecule has 0 spiro atoms. The van der Waals surface area contributed by atoms with Gasteiger partial charge in [0.15, 0.2) is 6.61 Å². The molecule has 30 heavy (non-hydrogen) atoms. The van der Waals surface area contributed by atoms with E-state index < -0.39 is 5.97 Å². The van der Waals surface area contributed by atoms with Crippen molar-refractivity contribution >= 4 is 40.3 Å². The van der Waals surface area contributed by atoms with E-state index >= 15 is 0 Å². The summed E-state index contributed by atoms with van der Waals surface area (Å²) in [4.78, 5) is 27.2. The van der Waals surface area contributed by atoms with Crippen molar-refractivity contribution in [1.82, 2.24) is 5.01 Å². The van der Waals surface area contributed by atoms with Crippen molar-refractivity contribution in [2.75, 3.05) is 13.7 Å². The van der Waals surface area contributed by atoms with Gasteiger partial charge in [-0.1, -0.05) is 30.3 Å². The molecule has 0 radical (unpaired) electrons. The van der Waals surface area contributed by atoms with E-state index in [1.165, 1.54) is 5.01 Å². The van der Waals surface area contributed by atoms with E-state index in [-0.39, 0.29) is 25.0 Å². The number of hydrogen-bond acceptors (Lipinski definition) is 7. The molecule has 0 saturated heterocycles. The van der Waals surface area contributed by atoms with Crippen LogP contribution in [0.15, 0.2) is 64.4 Å². The van der Waals surface area contributed by atoms with E-state index in [2.05, 4.69) is 5.10 Å². The molecule has 6 nitrogen and oxygen atoms in total. The number of para-hydroxylation sites is 1. The predicted octanol–water partition coefficient (Wildman–Crippen LogP) is 4.28. The van der Waals surface area contributed by atoms with Crippen LogP contribution in [0.5, 0.6) is 5.75 Å². The molecule has 1 atom stereocenters. The summed E-state index contributed by atoms with van der Waals surface area (Å²) in [6.45, 7) is -0.350. The summed E-state index contributed by atoms with van der Waals surface area (Å²) in [6, 6.07) is 15.0. The molecule has 0 N–H and O–H groups in total. The highest BCUT2D eigenvalue weighted by atomic mass is 32.1. The summed E-state index contributed by atoms with van der Waals surface area (Å²) in [5.41, 5.74) is 1.59. The smallest absolute Gasteiger partial charge is 0.310 e. The molecule has 4 rings (SSSR count). The van der Waals surface area contributed by atoms with E-state index in [1.54, 1.807) is 41.9 Å².